The lowest BCUT2D eigenvalue weighted by Crippen LogP contribution is -2.29. The van der Waals surface area contributed by atoms with Crippen LogP contribution in [0.2, 0.25) is 0 Å². The molecule has 0 bridgehead atoms. The molecule has 0 radical (unpaired) electrons. The van der Waals surface area contributed by atoms with Crippen LogP contribution in [0.25, 0.3) is 0 Å². The quantitative estimate of drug-likeness (QED) is 0.754. The number of aromatic nitrogens is 1. The molecule has 1 aromatic heterocycles. The predicted octanol–water partition coefficient (Wildman–Crippen LogP) is 2.49. The molecular weight excluding hydrogens is 320 g/mol. The van der Waals surface area contributed by atoms with Crippen LogP contribution in [0.5, 0.6) is 0 Å². The minimum absolute atomic E-state index is 0.139. The number of rotatable bonds is 6. The summed E-state index contributed by atoms with van der Waals surface area (Å²) in [7, 11) is 1.39. The molecule has 1 aliphatic rings. The molecular formula is C19H22N2O4. The van der Waals surface area contributed by atoms with Crippen LogP contribution in [0, 0.1) is 5.92 Å². The molecule has 1 aliphatic heterocycles. The van der Waals surface area contributed by atoms with Crippen molar-refractivity contribution < 1.29 is 18.8 Å². The topological polar surface area (TPSA) is 72.6 Å². The fourth-order valence-electron chi connectivity index (χ4n) is 3.30. The highest BCUT2D eigenvalue weighted by molar-refractivity contribution is 5.91. The Labute approximate surface area is 146 Å². The largest absolute Gasteiger partial charge is 0.465 e. The zero-order valence-corrected chi connectivity index (χ0v) is 14.3. The van der Waals surface area contributed by atoms with E-state index in [1.807, 2.05) is 23.1 Å². The van der Waals surface area contributed by atoms with Gasteiger partial charge in [0, 0.05) is 32.0 Å². The first-order valence-electron chi connectivity index (χ1n) is 8.51. The third-order valence-corrected chi connectivity index (χ3v) is 4.65. The summed E-state index contributed by atoms with van der Waals surface area (Å²) in [6.45, 7) is 1.49. The summed E-state index contributed by atoms with van der Waals surface area (Å²) in [4.78, 5) is 26.1. The molecule has 1 amide bonds. The van der Waals surface area contributed by atoms with E-state index in [2.05, 4.69) is 5.16 Å². The van der Waals surface area contributed by atoms with Crippen molar-refractivity contribution in [3.05, 3.63) is 53.4 Å². The number of hydrogen-bond acceptors (Lipinski definition) is 5. The number of benzene rings is 1. The van der Waals surface area contributed by atoms with Crippen LogP contribution in [-0.2, 0) is 22.4 Å². The fourth-order valence-corrected chi connectivity index (χ4v) is 3.30. The maximum atomic E-state index is 12.3. The number of methoxy groups -OCH3 is 1. The Morgan fingerprint density at radius 1 is 1.32 bits per heavy atom. The molecule has 2 aromatic rings. The lowest BCUT2D eigenvalue weighted by molar-refractivity contribution is -0.130. The summed E-state index contributed by atoms with van der Waals surface area (Å²) < 4.78 is 9.88. The zero-order chi connectivity index (χ0) is 17.6. The van der Waals surface area contributed by atoms with Gasteiger partial charge in [-0.05, 0) is 30.4 Å². The van der Waals surface area contributed by atoms with Crippen LogP contribution < -0.4 is 0 Å². The van der Waals surface area contributed by atoms with Gasteiger partial charge in [0.05, 0.1) is 18.9 Å². The van der Waals surface area contributed by atoms with Gasteiger partial charge in [0.15, 0.2) is 0 Å². The number of carbonyl (C=O) groups excluding carboxylic acids is 2. The van der Waals surface area contributed by atoms with E-state index in [4.69, 9.17) is 9.26 Å². The SMILES string of the molecule is COC(=O)c1ccccc1CC1CCN(C(=O)CCc2ccno2)C1. The molecule has 1 aromatic carbocycles. The van der Waals surface area contributed by atoms with Crippen molar-refractivity contribution in [1.82, 2.24) is 10.1 Å². The number of hydrogen-bond donors (Lipinski definition) is 0. The van der Waals surface area contributed by atoms with Gasteiger partial charge in [-0.15, -0.1) is 0 Å². The molecule has 25 heavy (non-hydrogen) atoms. The zero-order valence-electron chi connectivity index (χ0n) is 14.3. The average molecular weight is 342 g/mol. The minimum atomic E-state index is -0.311. The van der Waals surface area contributed by atoms with Crippen molar-refractivity contribution in [3.63, 3.8) is 0 Å². The molecule has 1 unspecified atom stereocenters. The second-order valence-electron chi connectivity index (χ2n) is 6.33. The van der Waals surface area contributed by atoms with Crippen LogP contribution in [0.1, 0.15) is 34.5 Å². The van der Waals surface area contributed by atoms with Crippen LogP contribution in [-0.4, -0.2) is 42.1 Å². The van der Waals surface area contributed by atoms with Crippen molar-refractivity contribution in [3.8, 4) is 0 Å². The summed E-state index contributed by atoms with van der Waals surface area (Å²) in [6.07, 6.45) is 4.32. The second kappa shape index (κ2) is 7.96. The number of carbonyl (C=O) groups is 2. The van der Waals surface area contributed by atoms with Gasteiger partial charge in [-0.25, -0.2) is 4.79 Å². The van der Waals surface area contributed by atoms with E-state index in [0.717, 1.165) is 37.3 Å². The Morgan fingerprint density at radius 3 is 2.92 bits per heavy atom. The third-order valence-electron chi connectivity index (χ3n) is 4.65. The number of ether oxygens (including phenoxy) is 1. The Kier molecular flexibility index (Phi) is 5.48. The summed E-state index contributed by atoms with van der Waals surface area (Å²) in [5.41, 5.74) is 1.59. The maximum absolute atomic E-state index is 12.3. The van der Waals surface area contributed by atoms with Crippen LogP contribution >= 0.6 is 0 Å². The first-order chi connectivity index (χ1) is 12.2. The van der Waals surface area contributed by atoms with Gasteiger partial charge in [-0.3, -0.25) is 4.79 Å². The molecule has 0 spiro atoms. The van der Waals surface area contributed by atoms with Gasteiger partial charge in [0.1, 0.15) is 5.76 Å². The van der Waals surface area contributed by atoms with Gasteiger partial charge in [-0.2, -0.15) is 0 Å². The lowest BCUT2D eigenvalue weighted by atomic mass is 9.95. The molecule has 1 saturated heterocycles. The average Bonchev–Trinajstić information content (AvgIpc) is 3.31. The summed E-state index contributed by atoms with van der Waals surface area (Å²) in [5, 5.41) is 3.65. The molecule has 6 heteroatoms. The summed E-state index contributed by atoms with van der Waals surface area (Å²) in [5.74, 6) is 0.921. The molecule has 1 fully saturated rings. The molecule has 6 nitrogen and oxygen atoms in total. The maximum Gasteiger partial charge on any atom is 0.338 e. The van der Waals surface area contributed by atoms with Gasteiger partial charge < -0.3 is 14.2 Å². The van der Waals surface area contributed by atoms with E-state index < -0.39 is 0 Å². The first kappa shape index (κ1) is 17.2. The number of likely N-dealkylation sites (tertiary alicyclic amines) is 1. The van der Waals surface area contributed by atoms with Crippen molar-refractivity contribution in [2.75, 3.05) is 20.2 Å². The fraction of sp³-hybridized carbons (Fsp3) is 0.421. The smallest absolute Gasteiger partial charge is 0.338 e. The predicted molar refractivity (Wildman–Crippen MR) is 91.0 cm³/mol. The number of aryl methyl sites for hydroxylation is 1. The van der Waals surface area contributed by atoms with Gasteiger partial charge in [0.25, 0.3) is 0 Å². The van der Waals surface area contributed by atoms with Crippen LogP contribution in [0.4, 0.5) is 0 Å². The molecule has 0 saturated carbocycles. The minimum Gasteiger partial charge on any atom is -0.465 e. The van der Waals surface area contributed by atoms with Crippen LogP contribution in [0.3, 0.4) is 0 Å². The van der Waals surface area contributed by atoms with E-state index >= 15 is 0 Å². The van der Waals surface area contributed by atoms with Crippen molar-refractivity contribution in [2.24, 2.45) is 5.92 Å². The molecule has 132 valence electrons. The highest BCUT2D eigenvalue weighted by atomic mass is 16.5. The normalized spacial score (nSPS) is 16.8. The van der Waals surface area contributed by atoms with E-state index in [9.17, 15) is 9.59 Å². The Morgan fingerprint density at radius 2 is 2.16 bits per heavy atom. The first-order valence-corrected chi connectivity index (χ1v) is 8.51. The standard InChI is InChI=1S/C19H22N2O4/c1-24-19(23)17-5-3-2-4-15(17)12-14-9-11-21(13-14)18(22)7-6-16-8-10-20-25-16/h2-5,8,10,14H,6-7,9,11-13H2,1H3. The van der Waals surface area contributed by atoms with Crippen molar-refractivity contribution >= 4 is 11.9 Å². The van der Waals surface area contributed by atoms with Gasteiger partial charge in [0.2, 0.25) is 5.91 Å². The van der Waals surface area contributed by atoms with Crippen LogP contribution in [0.15, 0.2) is 41.1 Å². The van der Waals surface area contributed by atoms with E-state index in [1.165, 1.54) is 7.11 Å². The Bertz CT molecular complexity index is 727. The van der Waals surface area contributed by atoms with E-state index in [-0.39, 0.29) is 11.9 Å². The lowest BCUT2D eigenvalue weighted by Gasteiger charge is -2.17. The van der Waals surface area contributed by atoms with Gasteiger partial charge >= 0.3 is 5.97 Å². The molecule has 0 N–H and O–H groups in total. The van der Waals surface area contributed by atoms with Gasteiger partial charge in [-0.1, -0.05) is 23.4 Å². The molecule has 2 heterocycles. The van der Waals surface area contributed by atoms with Crippen molar-refractivity contribution in [2.45, 2.75) is 25.7 Å². The monoisotopic (exact) mass is 342 g/mol. The molecule has 0 aliphatic carbocycles. The Hall–Kier alpha value is -2.63. The number of nitrogens with zero attached hydrogens (tertiary/aromatic N) is 2. The Balaban J connectivity index is 1.55. The number of amides is 1. The molecule has 1 atom stereocenters. The highest BCUT2D eigenvalue weighted by Gasteiger charge is 2.27. The summed E-state index contributed by atoms with van der Waals surface area (Å²) >= 11 is 0. The van der Waals surface area contributed by atoms with E-state index in [1.54, 1.807) is 18.3 Å². The van der Waals surface area contributed by atoms with Crippen molar-refractivity contribution in [1.29, 1.82) is 0 Å². The number of esters is 1. The van der Waals surface area contributed by atoms with E-state index in [0.29, 0.717) is 24.3 Å². The third kappa shape index (κ3) is 4.26. The second-order valence-corrected chi connectivity index (χ2v) is 6.33. The molecule has 3 rings (SSSR count). The summed E-state index contributed by atoms with van der Waals surface area (Å²) in [6, 6.07) is 9.29. The highest BCUT2D eigenvalue weighted by Crippen LogP contribution is 2.24.